The van der Waals surface area contributed by atoms with Gasteiger partial charge in [0.05, 0.1) is 16.9 Å². The molecule has 0 radical (unpaired) electrons. The topological polar surface area (TPSA) is 92.3 Å². The van der Waals surface area contributed by atoms with Crippen molar-refractivity contribution in [2.45, 2.75) is 58.7 Å². The number of likely N-dealkylation sites (tertiary alicyclic amines) is 1. The highest BCUT2D eigenvalue weighted by Crippen LogP contribution is 2.30. The molecule has 1 saturated heterocycles. The number of hydrogen-bond donors (Lipinski definition) is 2. The molecule has 0 saturated carbocycles. The zero-order valence-electron chi connectivity index (χ0n) is 20.7. The molecule has 1 aliphatic heterocycles. The molecule has 1 fully saturated rings. The number of ether oxygens (including phenoxy) is 1. The molecule has 0 spiro atoms. The fourth-order valence-electron chi connectivity index (χ4n) is 4.11. The van der Waals surface area contributed by atoms with E-state index >= 15 is 0 Å². The van der Waals surface area contributed by atoms with Gasteiger partial charge in [0.1, 0.15) is 11.1 Å². The average Bonchev–Trinajstić information content (AvgIpc) is 2.80. The number of carbonyl (C=O) groups is 1. The maximum atomic E-state index is 12.4. The maximum Gasteiger partial charge on any atom is 0.410 e. The third-order valence-corrected chi connectivity index (χ3v) is 5.86. The Morgan fingerprint density at radius 3 is 2.53 bits per heavy atom. The van der Waals surface area contributed by atoms with Gasteiger partial charge in [-0.3, -0.25) is 9.97 Å². The number of aromatic nitrogens is 3. The zero-order chi connectivity index (χ0) is 24.3. The molecule has 8 nitrogen and oxygen atoms in total. The summed E-state index contributed by atoms with van der Waals surface area (Å²) in [5, 5.41) is 6.97. The second-order valence-electron chi connectivity index (χ2n) is 9.83. The minimum Gasteiger partial charge on any atom is -0.444 e. The molecular weight excluding hydrogens is 428 g/mol. The fourth-order valence-corrected chi connectivity index (χ4v) is 4.11. The first kappa shape index (κ1) is 23.9. The molecule has 1 aliphatic rings. The Bertz CT molecular complexity index is 1150. The highest BCUT2D eigenvalue weighted by molar-refractivity contribution is 5.91. The normalized spacial score (nSPS) is 14.9. The van der Waals surface area contributed by atoms with Crippen LogP contribution in [0.2, 0.25) is 0 Å². The molecule has 2 N–H and O–H groups in total. The van der Waals surface area contributed by atoms with Gasteiger partial charge in [0.15, 0.2) is 0 Å². The molecule has 0 atom stereocenters. The van der Waals surface area contributed by atoms with Crippen LogP contribution in [0.3, 0.4) is 0 Å². The first-order chi connectivity index (χ1) is 16.2. The van der Waals surface area contributed by atoms with E-state index in [9.17, 15) is 4.79 Å². The zero-order valence-corrected chi connectivity index (χ0v) is 20.7. The number of hydrogen-bond acceptors (Lipinski definition) is 7. The van der Waals surface area contributed by atoms with E-state index in [4.69, 9.17) is 9.72 Å². The third-order valence-electron chi connectivity index (χ3n) is 5.86. The van der Waals surface area contributed by atoms with Crippen molar-refractivity contribution in [3.05, 3.63) is 47.9 Å². The quantitative estimate of drug-likeness (QED) is 0.575. The van der Waals surface area contributed by atoms with Crippen molar-refractivity contribution < 1.29 is 9.53 Å². The molecule has 3 aromatic heterocycles. The van der Waals surface area contributed by atoms with E-state index in [2.05, 4.69) is 20.6 Å². The van der Waals surface area contributed by atoms with Gasteiger partial charge in [-0.2, -0.15) is 0 Å². The molecule has 0 aromatic carbocycles. The first-order valence-electron chi connectivity index (χ1n) is 11.8. The van der Waals surface area contributed by atoms with Crippen molar-refractivity contribution in [2.24, 2.45) is 0 Å². The molecule has 0 aliphatic carbocycles. The van der Waals surface area contributed by atoms with E-state index in [1.165, 1.54) is 0 Å². The van der Waals surface area contributed by atoms with E-state index in [1.54, 1.807) is 4.90 Å². The molecule has 0 unspecified atom stereocenters. The second-order valence-corrected chi connectivity index (χ2v) is 9.83. The third kappa shape index (κ3) is 5.62. The van der Waals surface area contributed by atoms with Gasteiger partial charge in [-0.1, -0.05) is 0 Å². The molecule has 8 heteroatoms. The second kappa shape index (κ2) is 9.93. The van der Waals surface area contributed by atoms with E-state index in [0.29, 0.717) is 19.6 Å². The number of nitrogens with one attached hydrogen (secondary N) is 2. The van der Waals surface area contributed by atoms with Crippen LogP contribution in [0, 0.1) is 6.92 Å². The van der Waals surface area contributed by atoms with Gasteiger partial charge in [0.2, 0.25) is 0 Å². The summed E-state index contributed by atoms with van der Waals surface area (Å²) >= 11 is 0. The number of amides is 1. The monoisotopic (exact) mass is 462 g/mol. The smallest absolute Gasteiger partial charge is 0.410 e. The molecule has 4 heterocycles. The molecule has 1 amide bonds. The van der Waals surface area contributed by atoms with E-state index in [-0.39, 0.29) is 12.1 Å². The highest BCUT2D eigenvalue weighted by Gasteiger charge is 2.27. The summed E-state index contributed by atoms with van der Waals surface area (Å²) in [7, 11) is 1.93. The summed E-state index contributed by atoms with van der Waals surface area (Å²) in [5.41, 5.74) is 6.09. The number of pyridine rings is 3. The van der Waals surface area contributed by atoms with Crippen molar-refractivity contribution in [3.8, 4) is 11.3 Å². The summed E-state index contributed by atoms with van der Waals surface area (Å²) in [6.07, 6.45) is 5.20. The highest BCUT2D eigenvalue weighted by atomic mass is 16.6. The van der Waals surface area contributed by atoms with Crippen LogP contribution >= 0.6 is 0 Å². The number of anilines is 1. The van der Waals surface area contributed by atoms with E-state index in [1.807, 2.05) is 71.4 Å². The van der Waals surface area contributed by atoms with Gasteiger partial charge < -0.3 is 20.3 Å². The van der Waals surface area contributed by atoms with Crippen LogP contribution in [0.1, 0.15) is 44.9 Å². The summed E-state index contributed by atoms with van der Waals surface area (Å²) < 4.78 is 5.54. The first-order valence-corrected chi connectivity index (χ1v) is 11.8. The lowest BCUT2D eigenvalue weighted by Crippen LogP contribution is -2.44. The Hall–Kier alpha value is -3.26. The van der Waals surface area contributed by atoms with Gasteiger partial charge in [-0.05, 0) is 71.8 Å². The van der Waals surface area contributed by atoms with Crippen LogP contribution in [0.4, 0.5) is 10.5 Å². The van der Waals surface area contributed by atoms with Crippen LogP contribution in [0.25, 0.3) is 22.3 Å². The number of nitrogens with zero attached hydrogens (tertiary/aromatic N) is 4. The Morgan fingerprint density at radius 1 is 1.12 bits per heavy atom. The average molecular weight is 463 g/mol. The van der Waals surface area contributed by atoms with E-state index < -0.39 is 5.60 Å². The van der Waals surface area contributed by atoms with Gasteiger partial charge in [0.25, 0.3) is 0 Å². The SMILES string of the molecule is CNCc1cnc2ccc(-c3ccc(C)nc3)nc2c1NC1CCN(C(=O)OC(C)(C)C)CC1. The van der Waals surface area contributed by atoms with Gasteiger partial charge >= 0.3 is 6.09 Å². The predicted molar refractivity (Wildman–Crippen MR) is 135 cm³/mol. The Labute approximate surface area is 201 Å². The van der Waals surface area contributed by atoms with Gasteiger partial charge in [0, 0.05) is 54.9 Å². The maximum absolute atomic E-state index is 12.4. The van der Waals surface area contributed by atoms with E-state index in [0.717, 1.165) is 52.1 Å². The number of piperidine rings is 1. The largest absolute Gasteiger partial charge is 0.444 e. The Kier molecular flexibility index (Phi) is 6.97. The van der Waals surface area contributed by atoms with Crippen molar-refractivity contribution in [1.82, 2.24) is 25.2 Å². The molecular formula is C26H34N6O2. The minimum absolute atomic E-state index is 0.228. The molecule has 180 valence electrons. The van der Waals surface area contributed by atoms with Crippen LogP contribution in [0.5, 0.6) is 0 Å². The van der Waals surface area contributed by atoms with Gasteiger partial charge in [-0.15, -0.1) is 0 Å². The van der Waals surface area contributed by atoms with Crippen LogP contribution in [-0.4, -0.2) is 57.7 Å². The summed E-state index contributed by atoms with van der Waals surface area (Å²) in [5.74, 6) is 0. The molecule has 3 aromatic rings. The summed E-state index contributed by atoms with van der Waals surface area (Å²) in [6.45, 7) is 9.65. The fraction of sp³-hybridized carbons (Fsp3) is 0.462. The lowest BCUT2D eigenvalue weighted by Gasteiger charge is -2.34. The van der Waals surface area contributed by atoms with Crippen LogP contribution in [-0.2, 0) is 11.3 Å². The Morgan fingerprint density at radius 2 is 1.88 bits per heavy atom. The van der Waals surface area contributed by atoms with Crippen molar-refractivity contribution in [3.63, 3.8) is 0 Å². The number of fused-ring (bicyclic) bond motifs is 1. The minimum atomic E-state index is -0.486. The standard InChI is InChI=1S/C26H34N6O2/c1-17-6-7-18(15-28-17)21-8-9-22-24(31-21)23(19(14-27-5)16-29-22)30-20-10-12-32(13-11-20)25(33)34-26(2,3)4/h6-9,15-16,20,27H,10-14H2,1-5H3,(H,29,30). The summed E-state index contributed by atoms with van der Waals surface area (Å²) in [4.78, 5) is 28.3. The van der Waals surface area contributed by atoms with Crippen LogP contribution in [0.15, 0.2) is 36.7 Å². The van der Waals surface area contributed by atoms with Crippen molar-refractivity contribution in [2.75, 3.05) is 25.5 Å². The lowest BCUT2D eigenvalue weighted by atomic mass is 10.0. The Balaban J connectivity index is 1.58. The molecule has 0 bridgehead atoms. The summed E-state index contributed by atoms with van der Waals surface area (Å²) in [6, 6.07) is 8.26. The molecule has 4 rings (SSSR count). The predicted octanol–water partition coefficient (Wildman–Crippen LogP) is 4.53. The number of aryl methyl sites for hydroxylation is 1. The molecule has 34 heavy (non-hydrogen) atoms. The number of rotatable bonds is 5. The van der Waals surface area contributed by atoms with Crippen LogP contribution < -0.4 is 10.6 Å². The van der Waals surface area contributed by atoms with Crippen molar-refractivity contribution >= 4 is 22.8 Å². The lowest BCUT2D eigenvalue weighted by molar-refractivity contribution is 0.0210. The number of carbonyl (C=O) groups excluding carboxylic acids is 1. The van der Waals surface area contributed by atoms with Gasteiger partial charge in [-0.25, -0.2) is 9.78 Å². The van der Waals surface area contributed by atoms with Crippen molar-refractivity contribution in [1.29, 1.82) is 0 Å².